The summed E-state index contributed by atoms with van der Waals surface area (Å²) in [6, 6.07) is 3.36. The summed E-state index contributed by atoms with van der Waals surface area (Å²) in [6.07, 6.45) is 2.31. The number of fused-ring (bicyclic) bond motifs is 3. The molecular weight excluding hydrogens is 339 g/mol. The highest BCUT2D eigenvalue weighted by Crippen LogP contribution is 2.37. The number of hydrogen-bond acceptors (Lipinski definition) is 4. The van der Waals surface area contributed by atoms with Crippen LogP contribution in [-0.4, -0.2) is 41.4 Å². The van der Waals surface area contributed by atoms with E-state index in [2.05, 4.69) is 15.5 Å². The summed E-state index contributed by atoms with van der Waals surface area (Å²) in [4.78, 5) is 25.3. The Morgan fingerprint density at radius 1 is 1.46 bits per heavy atom. The number of hydrogen-bond donors (Lipinski definition) is 2. The van der Waals surface area contributed by atoms with Gasteiger partial charge in [0.1, 0.15) is 0 Å². The molecule has 1 saturated heterocycles. The number of H-pyrrole nitrogens is 1. The zero-order valence-corrected chi connectivity index (χ0v) is 14.3. The van der Waals surface area contributed by atoms with Crippen LogP contribution >= 0.6 is 0 Å². The van der Waals surface area contributed by atoms with Crippen molar-refractivity contribution in [3.05, 3.63) is 35.3 Å². The van der Waals surface area contributed by atoms with Gasteiger partial charge in [-0.15, -0.1) is 0 Å². The third-order valence-corrected chi connectivity index (χ3v) is 4.83. The van der Waals surface area contributed by atoms with Gasteiger partial charge < -0.3 is 10.1 Å². The first-order valence-corrected chi connectivity index (χ1v) is 8.70. The van der Waals surface area contributed by atoms with Crippen LogP contribution in [0.1, 0.15) is 24.5 Å². The molecule has 0 saturated carbocycles. The molecule has 8 heteroatoms. The van der Waals surface area contributed by atoms with E-state index >= 15 is 4.39 Å². The molecule has 1 atom stereocenters. The van der Waals surface area contributed by atoms with Gasteiger partial charge in [-0.2, -0.15) is 5.10 Å². The topological polar surface area (TPSA) is 87.3 Å². The van der Waals surface area contributed by atoms with Crippen molar-refractivity contribution in [2.75, 3.05) is 18.0 Å². The minimum atomic E-state index is -0.931. The third kappa shape index (κ3) is 2.61. The third-order valence-electron chi connectivity index (χ3n) is 4.83. The Labute approximate surface area is 149 Å². The molecule has 26 heavy (non-hydrogen) atoms. The van der Waals surface area contributed by atoms with Gasteiger partial charge in [-0.05, 0) is 43.4 Å². The number of halogens is 1. The minimum absolute atomic E-state index is 0.00428. The van der Waals surface area contributed by atoms with Gasteiger partial charge in [0.05, 0.1) is 24.1 Å². The Bertz CT molecular complexity index is 879. The number of aromatic amines is 1. The summed E-state index contributed by atoms with van der Waals surface area (Å²) in [6.45, 7) is 2.21. The van der Waals surface area contributed by atoms with Crippen LogP contribution in [0.3, 0.4) is 0 Å². The quantitative estimate of drug-likeness (QED) is 0.880. The molecule has 4 rings (SSSR count). The summed E-state index contributed by atoms with van der Waals surface area (Å²) >= 11 is 0. The van der Waals surface area contributed by atoms with Crippen molar-refractivity contribution in [1.29, 1.82) is 0 Å². The first-order chi connectivity index (χ1) is 12.6. The average Bonchev–Trinajstić information content (AvgIpc) is 3.19. The Morgan fingerprint density at radius 3 is 3.12 bits per heavy atom. The van der Waals surface area contributed by atoms with Gasteiger partial charge in [0, 0.05) is 12.1 Å². The summed E-state index contributed by atoms with van der Waals surface area (Å²) < 4.78 is 20.4. The number of amides is 2. The number of ether oxygens (including phenoxy) is 1. The first-order valence-electron chi connectivity index (χ1n) is 8.70. The van der Waals surface area contributed by atoms with E-state index in [1.165, 1.54) is 4.90 Å². The molecule has 1 aromatic heterocycles. The number of carbonyl (C=O) groups excluding carboxylic acids is 2. The smallest absolute Gasteiger partial charge is 0.415 e. The van der Waals surface area contributed by atoms with E-state index in [9.17, 15) is 9.59 Å². The Morgan fingerprint density at radius 2 is 2.31 bits per heavy atom. The zero-order chi connectivity index (χ0) is 18.3. The van der Waals surface area contributed by atoms with Gasteiger partial charge in [0.15, 0.2) is 11.9 Å². The number of rotatable bonds is 3. The van der Waals surface area contributed by atoms with Gasteiger partial charge in [0.2, 0.25) is 0 Å². The lowest BCUT2D eigenvalue weighted by molar-refractivity contribution is -0.127. The summed E-state index contributed by atoms with van der Waals surface area (Å²) in [5.74, 6) is -0.820. The second-order valence-corrected chi connectivity index (χ2v) is 6.43. The molecule has 0 spiro atoms. The Kier molecular flexibility index (Phi) is 4.10. The maximum Gasteiger partial charge on any atom is 0.415 e. The van der Waals surface area contributed by atoms with Crippen LogP contribution in [0, 0.1) is 5.82 Å². The van der Waals surface area contributed by atoms with E-state index in [0.29, 0.717) is 18.5 Å². The number of anilines is 1. The van der Waals surface area contributed by atoms with Crippen molar-refractivity contribution in [3.63, 3.8) is 0 Å². The van der Waals surface area contributed by atoms with Crippen LogP contribution in [-0.2, 0) is 22.4 Å². The second kappa shape index (κ2) is 6.44. The van der Waals surface area contributed by atoms with E-state index in [1.807, 2.05) is 0 Å². The molecule has 2 amide bonds. The average molecular weight is 358 g/mol. The standard InChI is InChI=1S/C18H19FN4O3/c1-2-20-17(24)14-9-23(18(25)26-14)13-7-6-12-11(15(13)19)5-3-4-10-8-21-22-16(10)12/h6-8,14H,2-5,9H2,1H3,(H,20,24)(H,21,22)/t14-/m1/s1. The maximum atomic E-state index is 15.3. The van der Waals surface area contributed by atoms with Crippen molar-refractivity contribution in [2.24, 2.45) is 0 Å². The van der Waals surface area contributed by atoms with E-state index in [0.717, 1.165) is 29.7 Å². The molecule has 136 valence electrons. The fourth-order valence-electron chi connectivity index (χ4n) is 3.57. The van der Waals surface area contributed by atoms with Crippen LogP contribution in [0.25, 0.3) is 11.3 Å². The van der Waals surface area contributed by atoms with Gasteiger partial charge in [-0.3, -0.25) is 14.8 Å². The van der Waals surface area contributed by atoms with Crippen LogP contribution in [0.15, 0.2) is 18.3 Å². The van der Waals surface area contributed by atoms with Crippen molar-refractivity contribution in [3.8, 4) is 11.3 Å². The van der Waals surface area contributed by atoms with E-state index in [1.54, 1.807) is 25.3 Å². The van der Waals surface area contributed by atoms with Gasteiger partial charge >= 0.3 is 6.09 Å². The second-order valence-electron chi connectivity index (χ2n) is 6.43. The van der Waals surface area contributed by atoms with Crippen LogP contribution in [0.4, 0.5) is 14.9 Å². The highest BCUT2D eigenvalue weighted by atomic mass is 19.1. The lowest BCUT2D eigenvalue weighted by Crippen LogP contribution is -2.37. The van der Waals surface area contributed by atoms with Crippen molar-refractivity contribution in [2.45, 2.75) is 32.3 Å². The summed E-state index contributed by atoms with van der Waals surface area (Å²) in [5, 5.41) is 9.61. The number of cyclic esters (lactones) is 1. The fraction of sp³-hybridized carbons (Fsp3) is 0.389. The van der Waals surface area contributed by atoms with Crippen molar-refractivity contribution in [1.82, 2.24) is 15.5 Å². The molecule has 0 bridgehead atoms. The molecule has 2 aromatic rings. The van der Waals surface area contributed by atoms with Gasteiger partial charge in [-0.1, -0.05) is 6.07 Å². The SMILES string of the molecule is CCNC(=O)[C@H]1CN(c2ccc3c(c2F)CCCc2cn[nH]c2-3)C(=O)O1. The van der Waals surface area contributed by atoms with Gasteiger partial charge in [-0.25, -0.2) is 9.18 Å². The number of nitrogens with zero attached hydrogens (tertiary/aromatic N) is 2. The van der Waals surface area contributed by atoms with Crippen molar-refractivity contribution >= 4 is 17.7 Å². The molecule has 1 aliphatic carbocycles. The number of nitrogens with one attached hydrogen (secondary N) is 2. The minimum Gasteiger partial charge on any atom is -0.434 e. The number of aryl methyl sites for hydroxylation is 1. The molecule has 2 N–H and O–H groups in total. The molecule has 1 fully saturated rings. The number of aromatic nitrogens is 2. The van der Waals surface area contributed by atoms with Crippen LogP contribution < -0.4 is 10.2 Å². The lowest BCUT2D eigenvalue weighted by atomic mass is 10.0. The zero-order valence-electron chi connectivity index (χ0n) is 14.3. The predicted molar refractivity (Wildman–Crippen MR) is 92.3 cm³/mol. The maximum absolute atomic E-state index is 15.3. The van der Waals surface area contributed by atoms with Crippen LogP contribution in [0.2, 0.25) is 0 Å². The fourth-order valence-corrected chi connectivity index (χ4v) is 3.57. The molecule has 2 aliphatic rings. The molecule has 0 radical (unpaired) electrons. The largest absolute Gasteiger partial charge is 0.434 e. The molecule has 1 aromatic carbocycles. The monoisotopic (exact) mass is 358 g/mol. The highest BCUT2D eigenvalue weighted by molar-refractivity contribution is 5.96. The molecule has 2 heterocycles. The van der Waals surface area contributed by atoms with Gasteiger partial charge in [0.25, 0.3) is 5.91 Å². The summed E-state index contributed by atoms with van der Waals surface area (Å²) in [7, 11) is 0. The lowest BCUT2D eigenvalue weighted by Gasteiger charge is -2.17. The van der Waals surface area contributed by atoms with E-state index in [4.69, 9.17) is 4.74 Å². The normalized spacial score (nSPS) is 18.8. The predicted octanol–water partition coefficient (Wildman–Crippen LogP) is 2.17. The number of likely N-dealkylation sites (N-methyl/N-ethyl adjacent to an activating group) is 1. The Hall–Kier alpha value is -2.90. The van der Waals surface area contributed by atoms with E-state index in [-0.39, 0.29) is 18.1 Å². The number of carbonyl (C=O) groups is 2. The highest BCUT2D eigenvalue weighted by Gasteiger charge is 2.38. The van der Waals surface area contributed by atoms with Crippen molar-refractivity contribution < 1.29 is 18.7 Å². The Balaban J connectivity index is 1.68. The molecular formula is C18H19FN4O3. The van der Waals surface area contributed by atoms with Crippen LogP contribution in [0.5, 0.6) is 0 Å². The summed E-state index contributed by atoms with van der Waals surface area (Å²) in [5.41, 5.74) is 3.35. The van der Waals surface area contributed by atoms with E-state index < -0.39 is 18.0 Å². The first kappa shape index (κ1) is 16.6. The molecule has 0 unspecified atom stereocenters. The molecule has 7 nitrogen and oxygen atoms in total. The molecule has 1 aliphatic heterocycles. The number of benzene rings is 1.